The van der Waals surface area contributed by atoms with Crippen LogP contribution in [0, 0.1) is 6.92 Å². The fourth-order valence-electron chi connectivity index (χ4n) is 4.48. The largest absolute Gasteiger partial charge is 0.507 e. The molecular formula is C31H34N2O5. The predicted octanol–water partition coefficient (Wildman–Crippen LogP) is 4.96. The third-order valence-corrected chi connectivity index (χ3v) is 6.62. The van der Waals surface area contributed by atoms with Crippen LogP contribution in [0.3, 0.4) is 0 Å². The molecule has 1 unspecified atom stereocenters. The first-order chi connectivity index (χ1) is 18.3. The second-order valence-corrected chi connectivity index (χ2v) is 9.54. The molecule has 1 aliphatic heterocycles. The Kier molecular flexibility index (Phi) is 8.48. The Morgan fingerprint density at radius 1 is 0.921 bits per heavy atom. The van der Waals surface area contributed by atoms with Crippen LogP contribution in [0.2, 0.25) is 0 Å². The highest BCUT2D eigenvalue weighted by atomic mass is 16.5. The van der Waals surface area contributed by atoms with E-state index in [0.717, 1.165) is 16.7 Å². The molecule has 0 saturated carbocycles. The average molecular weight is 515 g/mol. The van der Waals surface area contributed by atoms with E-state index in [0.29, 0.717) is 43.4 Å². The lowest BCUT2D eigenvalue weighted by Crippen LogP contribution is -2.35. The van der Waals surface area contributed by atoms with Crippen molar-refractivity contribution >= 4 is 17.4 Å². The van der Waals surface area contributed by atoms with Crippen molar-refractivity contribution < 1.29 is 24.2 Å². The molecule has 1 fully saturated rings. The molecule has 3 aromatic rings. The second-order valence-electron chi connectivity index (χ2n) is 9.54. The Morgan fingerprint density at radius 3 is 2.18 bits per heavy atom. The number of carbonyl (C=O) groups is 2. The van der Waals surface area contributed by atoms with Crippen molar-refractivity contribution in [2.45, 2.75) is 26.5 Å². The Morgan fingerprint density at radius 2 is 1.55 bits per heavy atom. The van der Waals surface area contributed by atoms with Gasteiger partial charge in [-0.15, -0.1) is 0 Å². The SMILES string of the molecule is CCOc1ccc(C2C(=C(O)c3ccc(OCc4ccccc4C)cc3)C(=O)C(=O)N2CCN(C)C)cc1. The van der Waals surface area contributed by atoms with Gasteiger partial charge in [0.05, 0.1) is 18.2 Å². The third kappa shape index (κ3) is 5.89. The van der Waals surface area contributed by atoms with Crippen molar-refractivity contribution in [1.82, 2.24) is 9.80 Å². The summed E-state index contributed by atoms with van der Waals surface area (Å²) >= 11 is 0. The fourth-order valence-corrected chi connectivity index (χ4v) is 4.48. The maximum atomic E-state index is 13.2. The number of ketones is 1. The number of likely N-dealkylation sites (tertiary alicyclic amines) is 1. The molecule has 0 aromatic heterocycles. The van der Waals surface area contributed by atoms with Crippen molar-refractivity contribution in [2.24, 2.45) is 0 Å². The zero-order valence-electron chi connectivity index (χ0n) is 22.3. The van der Waals surface area contributed by atoms with Crippen molar-refractivity contribution in [1.29, 1.82) is 0 Å². The lowest BCUT2D eigenvalue weighted by atomic mass is 9.95. The molecule has 0 spiro atoms. The minimum atomic E-state index is -0.706. The van der Waals surface area contributed by atoms with Gasteiger partial charge in [0.25, 0.3) is 11.7 Å². The molecule has 7 heteroatoms. The topological polar surface area (TPSA) is 79.3 Å². The molecule has 1 aliphatic rings. The number of carbonyl (C=O) groups excluding carboxylic acids is 2. The molecule has 1 N–H and O–H groups in total. The number of Topliss-reactive ketones (excluding diaryl/α,β-unsaturated/α-hetero) is 1. The van der Waals surface area contributed by atoms with Gasteiger partial charge in [0.1, 0.15) is 23.9 Å². The van der Waals surface area contributed by atoms with Gasteiger partial charge in [-0.05, 0) is 81.0 Å². The smallest absolute Gasteiger partial charge is 0.295 e. The summed E-state index contributed by atoms with van der Waals surface area (Å²) in [5, 5.41) is 11.3. The Hall–Kier alpha value is -4.10. The van der Waals surface area contributed by atoms with E-state index in [9.17, 15) is 14.7 Å². The zero-order valence-corrected chi connectivity index (χ0v) is 22.3. The number of nitrogens with zero attached hydrogens (tertiary/aromatic N) is 2. The van der Waals surface area contributed by atoms with Crippen molar-refractivity contribution in [3.63, 3.8) is 0 Å². The molecule has 0 bridgehead atoms. The summed E-state index contributed by atoms with van der Waals surface area (Å²) in [4.78, 5) is 29.8. The highest BCUT2D eigenvalue weighted by Gasteiger charge is 2.45. The molecule has 0 radical (unpaired) electrons. The van der Waals surface area contributed by atoms with E-state index in [1.165, 1.54) is 4.90 Å². The van der Waals surface area contributed by atoms with Crippen LogP contribution >= 0.6 is 0 Å². The molecule has 0 aliphatic carbocycles. The summed E-state index contributed by atoms with van der Waals surface area (Å²) < 4.78 is 11.5. The fraction of sp³-hybridized carbons (Fsp3) is 0.290. The molecule has 38 heavy (non-hydrogen) atoms. The summed E-state index contributed by atoms with van der Waals surface area (Å²) in [6.45, 7) is 5.82. The van der Waals surface area contributed by atoms with E-state index in [1.807, 2.05) is 81.4 Å². The summed E-state index contributed by atoms with van der Waals surface area (Å²) in [6, 6.07) is 21.5. The Bertz CT molecular complexity index is 1310. The summed E-state index contributed by atoms with van der Waals surface area (Å²) in [7, 11) is 3.82. The van der Waals surface area contributed by atoms with Crippen LogP contribution in [0.15, 0.2) is 78.4 Å². The maximum Gasteiger partial charge on any atom is 0.295 e. The number of aryl methyl sites for hydroxylation is 1. The van der Waals surface area contributed by atoms with E-state index in [4.69, 9.17) is 9.47 Å². The van der Waals surface area contributed by atoms with Gasteiger partial charge < -0.3 is 24.4 Å². The number of benzene rings is 3. The van der Waals surface area contributed by atoms with Gasteiger partial charge in [-0.25, -0.2) is 0 Å². The van der Waals surface area contributed by atoms with Crippen molar-refractivity contribution in [3.8, 4) is 11.5 Å². The maximum absolute atomic E-state index is 13.2. The Labute approximate surface area is 223 Å². The summed E-state index contributed by atoms with van der Waals surface area (Å²) in [6.07, 6.45) is 0. The minimum Gasteiger partial charge on any atom is -0.507 e. The van der Waals surface area contributed by atoms with Crippen LogP contribution in [0.4, 0.5) is 0 Å². The number of aliphatic hydroxyl groups excluding tert-OH is 1. The first kappa shape index (κ1) is 26.9. The van der Waals surface area contributed by atoms with Crippen LogP contribution in [0.1, 0.15) is 35.2 Å². The van der Waals surface area contributed by atoms with Crippen molar-refractivity contribution in [2.75, 3.05) is 33.8 Å². The number of ether oxygens (including phenoxy) is 2. The molecule has 1 saturated heterocycles. The van der Waals surface area contributed by atoms with E-state index in [2.05, 4.69) is 0 Å². The number of likely N-dealkylation sites (N-methyl/N-ethyl adjacent to an activating group) is 1. The van der Waals surface area contributed by atoms with Crippen molar-refractivity contribution in [3.05, 3.63) is 101 Å². The van der Waals surface area contributed by atoms with Crippen LogP contribution in [-0.4, -0.2) is 60.4 Å². The summed E-state index contributed by atoms with van der Waals surface area (Å²) in [5.41, 5.74) is 3.48. The van der Waals surface area contributed by atoms with Gasteiger partial charge >= 0.3 is 0 Å². The van der Waals surface area contributed by atoms with E-state index >= 15 is 0 Å². The van der Waals surface area contributed by atoms with Crippen LogP contribution < -0.4 is 9.47 Å². The quantitative estimate of drug-likeness (QED) is 0.234. The number of hydrogen-bond acceptors (Lipinski definition) is 6. The highest BCUT2D eigenvalue weighted by molar-refractivity contribution is 6.46. The molecule has 1 atom stereocenters. The number of aliphatic hydroxyl groups is 1. The molecule has 1 heterocycles. The molecule has 198 valence electrons. The van der Waals surface area contributed by atoms with Gasteiger partial charge in [-0.2, -0.15) is 0 Å². The molecular weight excluding hydrogens is 480 g/mol. The summed E-state index contributed by atoms with van der Waals surface area (Å²) in [5.74, 6) is -0.187. The number of rotatable bonds is 10. The standard InChI is InChI=1S/C31H34N2O5/c1-5-37-25-14-10-22(11-15-25)28-27(30(35)31(36)33(28)19-18-32(3)4)29(34)23-12-16-26(17-13-23)38-20-24-9-7-6-8-21(24)2/h6-17,28,34H,5,18-20H2,1-4H3. The lowest BCUT2D eigenvalue weighted by molar-refractivity contribution is -0.140. The molecule has 3 aromatic carbocycles. The minimum absolute atomic E-state index is 0.0755. The van der Waals surface area contributed by atoms with Crippen LogP contribution in [0.25, 0.3) is 5.76 Å². The van der Waals surface area contributed by atoms with Gasteiger partial charge in [0, 0.05) is 18.7 Å². The van der Waals surface area contributed by atoms with Gasteiger partial charge in [0.15, 0.2) is 0 Å². The monoisotopic (exact) mass is 514 g/mol. The lowest BCUT2D eigenvalue weighted by Gasteiger charge is -2.26. The average Bonchev–Trinajstić information content (AvgIpc) is 3.17. The first-order valence-electron chi connectivity index (χ1n) is 12.7. The second kappa shape index (κ2) is 12.0. The number of hydrogen-bond donors (Lipinski definition) is 1. The van der Waals surface area contributed by atoms with E-state index in [1.54, 1.807) is 24.3 Å². The molecule has 4 rings (SSSR count). The van der Waals surface area contributed by atoms with Gasteiger partial charge in [-0.1, -0.05) is 36.4 Å². The molecule has 7 nitrogen and oxygen atoms in total. The normalized spacial score (nSPS) is 16.8. The van der Waals surface area contributed by atoms with E-state index in [-0.39, 0.29) is 11.3 Å². The van der Waals surface area contributed by atoms with Gasteiger partial charge in [0.2, 0.25) is 0 Å². The Balaban J connectivity index is 1.65. The third-order valence-electron chi connectivity index (χ3n) is 6.62. The predicted molar refractivity (Wildman–Crippen MR) is 147 cm³/mol. The molecule has 1 amide bonds. The highest BCUT2D eigenvalue weighted by Crippen LogP contribution is 2.40. The van der Waals surface area contributed by atoms with E-state index < -0.39 is 17.7 Å². The first-order valence-corrected chi connectivity index (χ1v) is 12.7. The zero-order chi connectivity index (χ0) is 27.2. The van der Waals surface area contributed by atoms with Crippen LogP contribution in [-0.2, 0) is 16.2 Å². The number of amides is 1. The van der Waals surface area contributed by atoms with Crippen LogP contribution in [0.5, 0.6) is 11.5 Å². The van der Waals surface area contributed by atoms with Gasteiger partial charge in [-0.3, -0.25) is 9.59 Å².